The summed E-state index contributed by atoms with van der Waals surface area (Å²) in [4.78, 5) is 11.3. The van der Waals surface area contributed by atoms with Gasteiger partial charge < -0.3 is 5.11 Å². The third kappa shape index (κ3) is 2.78. The van der Waals surface area contributed by atoms with Crippen molar-refractivity contribution in [2.24, 2.45) is 0 Å². The summed E-state index contributed by atoms with van der Waals surface area (Å²) >= 11 is 0. The van der Waals surface area contributed by atoms with Gasteiger partial charge in [-0.05, 0) is 23.8 Å². The second-order valence-electron chi connectivity index (χ2n) is 4.46. The van der Waals surface area contributed by atoms with Crippen LogP contribution in [0, 0.1) is 6.92 Å². The SMILES string of the molecule is CCCC(C(=O)O)n1nnnc1-c1ccc(C)cc1. The van der Waals surface area contributed by atoms with Crippen LogP contribution in [0.15, 0.2) is 24.3 Å². The zero-order valence-electron chi connectivity index (χ0n) is 10.9. The van der Waals surface area contributed by atoms with Crippen LogP contribution in [0.25, 0.3) is 11.4 Å². The van der Waals surface area contributed by atoms with Crippen molar-refractivity contribution in [2.45, 2.75) is 32.7 Å². The van der Waals surface area contributed by atoms with E-state index in [2.05, 4.69) is 15.5 Å². The Labute approximate surface area is 111 Å². The predicted molar refractivity (Wildman–Crippen MR) is 69.6 cm³/mol. The lowest BCUT2D eigenvalue weighted by molar-refractivity contribution is -0.141. The fourth-order valence-electron chi connectivity index (χ4n) is 1.92. The topological polar surface area (TPSA) is 80.9 Å². The molecule has 100 valence electrons. The number of carbonyl (C=O) groups is 1. The highest BCUT2D eigenvalue weighted by atomic mass is 16.4. The van der Waals surface area contributed by atoms with Gasteiger partial charge in [-0.1, -0.05) is 43.2 Å². The van der Waals surface area contributed by atoms with Gasteiger partial charge in [0.2, 0.25) is 0 Å². The van der Waals surface area contributed by atoms with Gasteiger partial charge >= 0.3 is 5.97 Å². The molecule has 0 bridgehead atoms. The first-order chi connectivity index (χ1) is 9.13. The average Bonchev–Trinajstić information content (AvgIpc) is 2.85. The molecule has 1 aromatic carbocycles. The van der Waals surface area contributed by atoms with Crippen LogP contribution >= 0.6 is 0 Å². The van der Waals surface area contributed by atoms with E-state index in [0.29, 0.717) is 12.2 Å². The normalized spacial score (nSPS) is 12.3. The highest BCUT2D eigenvalue weighted by Gasteiger charge is 2.23. The van der Waals surface area contributed by atoms with Crippen molar-refractivity contribution >= 4 is 5.97 Å². The van der Waals surface area contributed by atoms with Gasteiger partial charge in [0.05, 0.1) is 0 Å². The smallest absolute Gasteiger partial charge is 0.328 e. The fraction of sp³-hybridized carbons (Fsp3) is 0.385. The summed E-state index contributed by atoms with van der Waals surface area (Å²) in [7, 11) is 0. The van der Waals surface area contributed by atoms with Crippen molar-refractivity contribution in [3.05, 3.63) is 29.8 Å². The lowest BCUT2D eigenvalue weighted by Gasteiger charge is -2.13. The van der Waals surface area contributed by atoms with Gasteiger partial charge in [0.25, 0.3) is 0 Å². The van der Waals surface area contributed by atoms with E-state index in [1.807, 2.05) is 38.1 Å². The standard InChI is InChI=1S/C13H16N4O2/c1-3-4-11(13(18)19)17-12(14-15-16-17)10-7-5-9(2)6-8-10/h5-8,11H,3-4H2,1-2H3,(H,18,19). The minimum Gasteiger partial charge on any atom is -0.480 e. The van der Waals surface area contributed by atoms with E-state index in [1.165, 1.54) is 4.68 Å². The molecule has 2 rings (SSSR count). The Bertz CT molecular complexity index is 562. The molecule has 19 heavy (non-hydrogen) atoms. The largest absolute Gasteiger partial charge is 0.480 e. The summed E-state index contributed by atoms with van der Waals surface area (Å²) in [6.45, 7) is 3.93. The van der Waals surface area contributed by atoms with Crippen LogP contribution in [-0.2, 0) is 4.79 Å². The van der Waals surface area contributed by atoms with Gasteiger partial charge in [-0.3, -0.25) is 0 Å². The van der Waals surface area contributed by atoms with E-state index < -0.39 is 12.0 Å². The summed E-state index contributed by atoms with van der Waals surface area (Å²) in [6, 6.07) is 6.95. The third-order valence-electron chi connectivity index (χ3n) is 2.94. The van der Waals surface area contributed by atoms with E-state index in [4.69, 9.17) is 0 Å². The fourth-order valence-corrected chi connectivity index (χ4v) is 1.92. The van der Waals surface area contributed by atoms with Crippen LogP contribution in [0.4, 0.5) is 0 Å². The Morgan fingerprint density at radius 3 is 2.63 bits per heavy atom. The number of aromatic nitrogens is 4. The zero-order chi connectivity index (χ0) is 13.8. The summed E-state index contributed by atoms with van der Waals surface area (Å²) in [5.41, 5.74) is 1.95. The molecule has 0 spiro atoms. The average molecular weight is 260 g/mol. The van der Waals surface area contributed by atoms with Crippen molar-refractivity contribution in [3.8, 4) is 11.4 Å². The first kappa shape index (κ1) is 13.2. The molecule has 0 fully saturated rings. The van der Waals surface area contributed by atoms with Crippen LogP contribution in [0.5, 0.6) is 0 Å². The molecule has 0 radical (unpaired) electrons. The number of hydrogen-bond donors (Lipinski definition) is 1. The van der Waals surface area contributed by atoms with E-state index in [0.717, 1.165) is 17.5 Å². The molecule has 1 unspecified atom stereocenters. The lowest BCUT2D eigenvalue weighted by Crippen LogP contribution is -2.21. The zero-order valence-corrected chi connectivity index (χ0v) is 10.9. The van der Waals surface area contributed by atoms with E-state index in [9.17, 15) is 9.90 Å². The van der Waals surface area contributed by atoms with Crippen LogP contribution in [0.1, 0.15) is 31.4 Å². The van der Waals surface area contributed by atoms with Crippen LogP contribution in [0.2, 0.25) is 0 Å². The monoisotopic (exact) mass is 260 g/mol. The van der Waals surface area contributed by atoms with Gasteiger partial charge in [0.1, 0.15) is 0 Å². The summed E-state index contributed by atoms with van der Waals surface area (Å²) in [5, 5.41) is 20.7. The summed E-state index contributed by atoms with van der Waals surface area (Å²) < 4.78 is 1.39. The van der Waals surface area contributed by atoms with Gasteiger partial charge in [-0.25, -0.2) is 9.48 Å². The molecular formula is C13H16N4O2. The number of tetrazole rings is 1. The molecule has 1 atom stereocenters. The second kappa shape index (κ2) is 5.60. The molecular weight excluding hydrogens is 244 g/mol. The van der Waals surface area contributed by atoms with E-state index in [-0.39, 0.29) is 0 Å². The Hall–Kier alpha value is -2.24. The van der Waals surface area contributed by atoms with Crippen molar-refractivity contribution in [3.63, 3.8) is 0 Å². The van der Waals surface area contributed by atoms with Crippen LogP contribution < -0.4 is 0 Å². The first-order valence-electron chi connectivity index (χ1n) is 6.21. The molecule has 1 aromatic heterocycles. The minimum absolute atomic E-state index is 0.487. The number of aliphatic carboxylic acids is 1. The Kier molecular flexibility index (Phi) is 3.89. The van der Waals surface area contributed by atoms with E-state index in [1.54, 1.807) is 0 Å². The summed E-state index contributed by atoms with van der Waals surface area (Å²) in [5.74, 6) is -0.427. The maximum absolute atomic E-state index is 11.3. The third-order valence-corrected chi connectivity index (χ3v) is 2.94. The molecule has 1 N–H and O–H groups in total. The minimum atomic E-state index is -0.914. The van der Waals surface area contributed by atoms with Gasteiger partial charge in [-0.15, -0.1) is 5.10 Å². The number of nitrogens with zero attached hydrogens (tertiary/aromatic N) is 4. The lowest BCUT2D eigenvalue weighted by atomic mass is 10.1. The molecule has 6 heteroatoms. The van der Waals surface area contributed by atoms with Crippen LogP contribution in [-0.4, -0.2) is 31.3 Å². The molecule has 1 heterocycles. The van der Waals surface area contributed by atoms with Gasteiger partial charge in [0, 0.05) is 5.56 Å². The molecule has 0 aliphatic carbocycles. The summed E-state index contributed by atoms with van der Waals surface area (Å²) in [6.07, 6.45) is 1.25. The predicted octanol–water partition coefficient (Wildman–Crippen LogP) is 2.07. The number of hydrogen-bond acceptors (Lipinski definition) is 4. The Balaban J connectivity index is 2.41. The molecule has 2 aromatic rings. The van der Waals surface area contributed by atoms with Gasteiger partial charge in [-0.2, -0.15) is 0 Å². The van der Waals surface area contributed by atoms with Crippen molar-refractivity contribution in [1.82, 2.24) is 20.2 Å². The quantitative estimate of drug-likeness (QED) is 0.890. The number of benzene rings is 1. The van der Waals surface area contributed by atoms with Crippen LogP contribution in [0.3, 0.4) is 0 Å². The van der Waals surface area contributed by atoms with Crippen molar-refractivity contribution in [1.29, 1.82) is 0 Å². The Morgan fingerprint density at radius 2 is 2.05 bits per heavy atom. The maximum Gasteiger partial charge on any atom is 0.328 e. The highest BCUT2D eigenvalue weighted by Crippen LogP contribution is 2.22. The maximum atomic E-state index is 11.3. The molecule has 6 nitrogen and oxygen atoms in total. The second-order valence-corrected chi connectivity index (χ2v) is 4.46. The number of rotatable bonds is 5. The first-order valence-corrected chi connectivity index (χ1v) is 6.21. The molecule has 0 saturated carbocycles. The molecule has 0 aliphatic rings. The van der Waals surface area contributed by atoms with E-state index >= 15 is 0 Å². The molecule has 0 amide bonds. The highest BCUT2D eigenvalue weighted by molar-refractivity contribution is 5.72. The molecule has 0 saturated heterocycles. The van der Waals surface area contributed by atoms with Crippen molar-refractivity contribution in [2.75, 3.05) is 0 Å². The number of carboxylic acid groups (broad SMARTS) is 1. The number of aryl methyl sites for hydroxylation is 1. The number of carboxylic acids is 1. The van der Waals surface area contributed by atoms with Crippen molar-refractivity contribution < 1.29 is 9.90 Å². The Morgan fingerprint density at radius 1 is 1.37 bits per heavy atom. The molecule has 0 aliphatic heterocycles. The van der Waals surface area contributed by atoms with Gasteiger partial charge in [0.15, 0.2) is 11.9 Å².